The van der Waals surface area contributed by atoms with E-state index in [4.69, 9.17) is 5.73 Å². The lowest BCUT2D eigenvalue weighted by Gasteiger charge is -2.17. The summed E-state index contributed by atoms with van der Waals surface area (Å²) in [6.45, 7) is -0.0598. The molecule has 3 N–H and O–H groups in total. The maximum atomic E-state index is 11.5. The van der Waals surface area contributed by atoms with E-state index >= 15 is 0 Å². The van der Waals surface area contributed by atoms with Crippen LogP contribution >= 0.6 is 27.3 Å². The van der Waals surface area contributed by atoms with Gasteiger partial charge in [0.05, 0.1) is 5.00 Å². The van der Waals surface area contributed by atoms with Crippen molar-refractivity contribution in [3.8, 4) is 0 Å². The lowest BCUT2D eigenvalue weighted by Crippen LogP contribution is -2.40. The number of carbonyl (C=O) groups is 1. The Bertz CT molecular complexity index is 329. The monoisotopic (exact) mass is 278 g/mol. The minimum absolute atomic E-state index is 0.0598. The zero-order valence-corrected chi connectivity index (χ0v) is 10.0. The molecule has 0 aromatic carbocycles. The van der Waals surface area contributed by atoms with Gasteiger partial charge in [-0.1, -0.05) is 0 Å². The first kappa shape index (κ1) is 11.6. The lowest BCUT2D eigenvalue weighted by atomic mass is 10.3. The van der Waals surface area contributed by atoms with Crippen LogP contribution in [0.2, 0.25) is 0 Å². The summed E-state index contributed by atoms with van der Waals surface area (Å²) in [5.74, 6) is -0.387. The van der Waals surface area contributed by atoms with Gasteiger partial charge < -0.3 is 15.7 Å². The fraction of sp³-hybridized carbons (Fsp3) is 0.375. The molecule has 78 valence electrons. The van der Waals surface area contributed by atoms with Gasteiger partial charge in [-0.25, -0.2) is 0 Å². The number of halogens is 1. The van der Waals surface area contributed by atoms with E-state index in [0.29, 0.717) is 0 Å². The number of hydrogen-bond acceptors (Lipinski definition) is 4. The van der Waals surface area contributed by atoms with E-state index in [1.807, 2.05) is 11.4 Å². The van der Waals surface area contributed by atoms with Crippen molar-refractivity contribution in [1.82, 2.24) is 0 Å². The zero-order valence-electron chi connectivity index (χ0n) is 7.61. The predicted molar refractivity (Wildman–Crippen MR) is 60.5 cm³/mol. The number of aliphatic hydroxyl groups is 1. The summed E-state index contributed by atoms with van der Waals surface area (Å²) < 4.78 is 0.916. The molecule has 1 aromatic heterocycles. The third-order valence-electron chi connectivity index (χ3n) is 1.72. The van der Waals surface area contributed by atoms with Crippen molar-refractivity contribution in [1.29, 1.82) is 0 Å². The fourth-order valence-corrected chi connectivity index (χ4v) is 2.30. The summed E-state index contributed by atoms with van der Waals surface area (Å²) in [4.78, 5) is 12.9. The molecular formula is C8H11BrN2O2S. The van der Waals surface area contributed by atoms with Crippen molar-refractivity contribution in [2.24, 2.45) is 5.73 Å². The van der Waals surface area contributed by atoms with Crippen LogP contribution in [0.3, 0.4) is 0 Å². The first-order valence-electron chi connectivity index (χ1n) is 3.96. The van der Waals surface area contributed by atoms with Crippen molar-refractivity contribution < 1.29 is 9.90 Å². The standard InChI is InChI=1S/C8H11BrN2O2S/c1-11(8(13)6(12)3-10)7-2-5(9)4-14-7/h2,4,6,12H,3,10H2,1H3. The van der Waals surface area contributed by atoms with Crippen molar-refractivity contribution in [2.75, 3.05) is 18.5 Å². The summed E-state index contributed by atoms with van der Waals surface area (Å²) >= 11 is 4.71. The molecule has 0 saturated heterocycles. The minimum atomic E-state index is -1.12. The molecule has 0 aliphatic heterocycles. The Kier molecular flexibility index (Phi) is 4.06. The van der Waals surface area contributed by atoms with Crippen LogP contribution in [0.15, 0.2) is 15.9 Å². The molecular weight excluding hydrogens is 268 g/mol. The number of nitrogens with zero attached hydrogens (tertiary/aromatic N) is 1. The van der Waals surface area contributed by atoms with Crippen molar-refractivity contribution in [3.63, 3.8) is 0 Å². The second-order valence-corrected chi connectivity index (χ2v) is 4.56. The lowest BCUT2D eigenvalue weighted by molar-refractivity contribution is -0.125. The quantitative estimate of drug-likeness (QED) is 0.859. The highest BCUT2D eigenvalue weighted by Crippen LogP contribution is 2.27. The van der Waals surface area contributed by atoms with Crippen LogP contribution in [0.5, 0.6) is 0 Å². The third-order valence-corrected chi connectivity index (χ3v) is 3.49. The molecule has 1 atom stereocenters. The fourth-order valence-electron chi connectivity index (χ4n) is 0.912. The first-order valence-corrected chi connectivity index (χ1v) is 5.63. The molecule has 0 bridgehead atoms. The Morgan fingerprint density at radius 1 is 1.86 bits per heavy atom. The van der Waals surface area contributed by atoms with Crippen molar-refractivity contribution in [2.45, 2.75) is 6.10 Å². The molecule has 0 aliphatic rings. The highest BCUT2D eigenvalue weighted by molar-refractivity contribution is 9.10. The van der Waals surface area contributed by atoms with Crippen LogP contribution in [0.25, 0.3) is 0 Å². The molecule has 14 heavy (non-hydrogen) atoms. The zero-order chi connectivity index (χ0) is 10.7. The van der Waals surface area contributed by atoms with E-state index in [-0.39, 0.29) is 12.5 Å². The number of nitrogens with two attached hydrogens (primary N) is 1. The average molecular weight is 279 g/mol. The maximum absolute atomic E-state index is 11.5. The Morgan fingerprint density at radius 3 is 2.93 bits per heavy atom. The summed E-state index contributed by atoms with van der Waals surface area (Å²) in [6, 6.07) is 1.81. The third kappa shape index (κ3) is 2.54. The molecule has 1 aromatic rings. The first-order chi connectivity index (χ1) is 6.56. The van der Waals surface area contributed by atoms with E-state index in [0.717, 1.165) is 9.47 Å². The highest BCUT2D eigenvalue weighted by atomic mass is 79.9. The normalized spacial score (nSPS) is 12.6. The Balaban J connectivity index is 2.75. The van der Waals surface area contributed by atoms with Crippen LogP contribution < -0.4 is 10.6 Å². The Hall–Kier alpha value is -0.430. The van der Waals surface area contributed by atoms with Crippen LogP contribution in [0, 0.1) is 0 Å². The van der Waals surface area contributed by atoms with Gasteiger partial charge in [0.1, 0.15) is 6.10 Å². The molecule has 0 saturated carbocycles. The van der Waals surface area contributed by atoms with Crippen molar-refractivity contribution >= 4 is 38.2 Å². The number of rotatable bonds is 3. The average Bonchev–Trinajstić information content (AvgIpc) is 2.61. The minimum Gasteiger partial charge on any atom is -0.382 e. The number of carbonyl (C=O) groups excluding carboxylic acids is 1. The summed E-state index contributed by atoms with van der Waals surface area (Å²) in [6.07, 6.45) is -1.12. The van der Waals surface area contributed by atoms with Crippen LogP contribution in [0.1, 0.15) is 0 Å². The molecule has 0 spiro atoms. The topological polar surface area (TPSA) is 66.6 Å². The summed E-state index contributed by atoms with van der Waals surface area (Å²) in [5, 5.41) is 11.9. The van der Waals surface area contributed by atoms with E-state index in [1.165, 1.54) is 16.2 Å². The Morgan fingerprint density at radius 2 is 2.50 bits per heavy atom. The van der Waals surface area contributed by atoms with Gasteiger partial charge in [0, 0.05) is 23.4 Å². The number of anilines is 1. The maximum Gasteiger partial charge on any atom is 0.257 e. The van der Waals surface area contributed by atoms with Gasteiger partial charge in [-0.05, 0) is 22.0 Å². The van der Waals surface area contributed by atoms with Gasteiger partial charge in [0.2, 0.25) is 0 Å². The molecule has 0 fully saturated rings. The SMILES string of the molecule is CN(C(=O)C(O)CN)c1cc(Br)cs1. The van der Waals surface area contributed by atoms with Crippen LogP contribution in [-0.2, 0) is 4.79 Å². The van der Waals surface area contributed by atoms with Gasteiger partial charge in [-0.15, -0.1) is 11.3 Å². The van der Waals surface area contributed by atoms with E-state index in [9.17, 15) is 9.90 Å². The molecule has 6 heteroatoms. The number of likely N-dealkylation sites (N-methyl/N-ethyl adjacent to an activating group) is 1. The second-order valence-electron chi connectivity index (χ2n) is 2.75. The molecule has 1 unspecified atom stereocenters. The largest absolute Gasteiger partial charge is 0.382 e. The van der Waals surface area contributed by atoms with Crippen LogP contribution in [-0.4, -0.2) is 30.7 Å². The number of amides is 1. The van der Waals surface area contributed by atoms with E-state index < -0.39 is 6.10 Å². The summed E-state index contributed by atoms with van der Waals surface area (Å²) in [5.41, 5.74) is 5.19. The molecule has 4 nitrogen and oxygen atoms in total. The van der Waals surface area contributed by atoms with Gasteiger partial charge in [0.25, 0.3) is 5.91 Å². The van der Waals surface area contributed by atoms with E-state index in [1.54, 1.807) is 7.05 Å². The van der Waals surface area contributed by atoms with E-state index in [2.05, 4.69) is 15.9 Å². The van der Waals surface area contributed by atoms with Gasteiger partial charge in [0.15, 0.2) is 0 Å². The number of aliphatic hydroxyl groups excluding tert-OH is 1. The molecule has 1 heterocycles. The van der Waals surface area contributed by atoms with Gasteiger partial charge in [-0.2, -0.15) is 0 Å². The number of thiophene rings is 1. The Labute approximate surface area is 94.5 Å². The highest BCUT2D eigenvalue weighted by Gasteiger charge is 2.19. The number of hydrogen-bond donors (Lipinski definition) is 2. The predicted octanol–water partition coefficient (Wildman–Crippen LogP) is 0.793. The summed E-state index contributed by atoms with van der Waals surface area (Å²) in [7, 11) is 1.61. The van der Waals surface area contributed by atoms with Crippen molar-refractivity contribution in [3.05, 3.63) is 15.9 Å². The second kappa shape index (κ2) is 4.88. The smallest absolute Gasteiger partial charge is 0.257 e. The molecule has 0 radical (unpaired) electrons. The van der Waals surface area contributed by atoms with Crippen LogP contribution in [0.4, 0.5) is 5.00 Å². The van der Waals surface area contributed by atoms with Gasteiger partial charge in [-0.3, -0.25) is 4.79 Å². The van der Waals surface area contributed by atoms with Gasteiger partial charge >= 0.3 is 0 Å². The molecule has 1 amide bonds. The molecule has 0 aliphatic carbocycles. The molecule has 1 rings (SSSR count).